The number of benzene rings is 1. The molecule has 3 rings (SSSR count). The number of nitrogens with one attached hydrogen (secondary N) is 1. The Balaban J connectivity index is 1.70. The number of hydrogen-bond acceptors (Lipinski definition) is 2. The predicted molar refractivity (Wildman–Crippen MR) is 89.1 cm³/mol. The second-order valence-electron chi connectivity index (χ2n) is 7.19. The Morgan fingerprint density at radius 3 is 2.59 bits per heavy atom. The second-order valence-corrected chi connectivity index (χ2v) is 7.19. The third kappa shape index (κ3) is 3.35. The lowest BCUT2D eigenvalue weighted by atomic mass is 9.81. The maximum absolute atomic E-state index is 11.6. The molecule has 2 fully saturated rings. The van der Waals surface area contributed by atoms with Crippen molar-refractivity contribution in [2.45, 2.75) is 57.5 Å². The summed E-state index contributed by atoms with van der Waals surface area (Å²) in [4.78, 5) is 11.6. The lowest BCUT2D eigenvalue weighted by molar-refractivity contribution is -0.122. The van der Waals surface area contributed by atoms with Gasteiger partial charge in [-0.05, 0) is 56.4 Å². The van der Waals surface area contributed by atoms with Crippen LogP contribution in [-0.2, 0) is 4.79 Å². The number of amides is 1. The molecule has 3 unspecified atom stereocenters. The summed E-state index contributed by atoms with van der Waals surface area (Å²) in [5.74, 6) is 1.36. The van der Waals surface area contributed by atoms with Crippen LogP contribution in [0.15, 0.2) is 30.3 Å². The highest BCUT2D eigenvalue weighted by Crippen LogP contribution is 2.42. The number of carbonyl (C=O) groups is 1. The fraction of sp³-hybridized carbons (Fsp3) is 0.632. The summed E-state index contributed by atoms with van der Waals surface area (Å²) in [5, 5.41) is 3.87. The fourth-order valence-electron chi connectivity index (χ4n) is 4.53. The minimum atomic E-state index is -0.0970. The summed E-state index contributed by atoms with van der Waals surface area (Å²) < 4.78 is 0. The van der Waals surface area contributed by atoms with Crippen molar-refractivity contribution >= 4 is 5.91 Å². The van der Waals surface area contributed by atoms with E-state index in [0.717, 1.165) is 25.2 Å². The molecule has 2 aliphatic carbocycles. The van der Waals surface area contributed by atoms with Gasteiger partial charge in [-0.15, -0.1) is 0 Å². The van der Waals surface area contributed by atoms with Crippen molar-refractivity contribution in [2.24, 2.45) is 23.5 Å². The van der Waals surface area contributed by atoms with Crippen LogP contribution in [0.1, 0.15) is 57.1 Å². The lowest BCUT2D eigenvalue weighted by Gasteiger charge is -2.33. The molecular weight excluding hydrogens is 272 g/mol. The molecule has 0 aliphatic heterocycles. The highest BCUT2D eigenvalue weighted by atomic mass is 16.1. The molecule has 1 aromatic carbocycles. The molecule has 0 saturated heterocycles. The maximum Gasteiger partial charge on any atom is 0.220 e. The van der Waals surface area contributed by atoms with E-state index in [1.54, 1.807) is 0 Å². The molecule has 0 heterocycles. The van der Waals surface area contributed by atoms with Gasteiger partial charge in [0.1, 0.15) is 0 Å². The van der Waals surface area contributed by atoms with Crippen LogP contribution in [0, 0.1) is 17.8 Å². The number of hydrogen-bond donors (Lipinski definition) is 2. The smallest absolute Gasteiger partial charge is 0.220 e. The lowest BCUT2D eigenvalue weighted by Crippen LogP contribution is -2.41. The fourth-order valence-corrected chi connectivity index (χ4v) is 4.53. The van der Waals surface area contributed by atoms with Crippen LogP contribution in [0.5, 0.6) is 0 Å². The summed E-state index contributed by atoms with van der Waals surface area (Å²) in [6.45, 7) is 2.25. The largest absolute Gasteiger partial charge is 0.369 e. The van der Waals surface area contributed by atoms with Crippen LogP contribution in [0.3, 0.4) is 0 Å². The van der Waals surface area contributed by atoms with E-state index in [2.05, 4.69) is 42.6 Å². The molecule has 0 spiro atoms. The zero-order valence-electron chi connectivity index (χ0n) is 13.5. The highest BCUT2D eigenvalue weighted by molar-refractivity contribution is 5.76. The van der Waals surface area contributed by atoms with E-state index in [0.29, 0.717) is 18.0 Å². The summed E-state index contributed by atoms with van der Waals surface area (Å²) in [6, 6.07) is 11.5. The summed E-state index contributed by atoms with van der Waals surface area (Å²) in [7, 11) is 0. The number of fused-ring (bicyclic) bond motifs is 2. The van der Waals surface area contributed by atoms with Crippen molar-refractivity contribution < 1.29 is 4.79 Å². The summed E-state index contributed by atoms with van der Waals surface area (Å²) in [6.07, 6.45) is 6.89. The highest BCUT2D eigenvalue weighted by Gasteiger charge is 2.39. The first-order valence-corrected chi connectivity index (χ1v) is 8.75. The third-order valence-electron chi connectivity index (χ3n) is 5.78. The van der Waals surface area contributed by atoms with Crippen LogP contribution < -0.4 is 11.1 Å². The molecule has 3 nitrogen and oxygen atoms in total. The Labute approximate surface area is 133 Å². The minimum absolute atomic E-state index is 0.0837. The third-order valence-corrected chi connectivity index (χ3v) is 5.78. The van der Waals surface area contributed by atoms with Gasteiger partial charge in [0.25, 0.3) is 0 Å². The molecule has 3 heteroatoms. The van der Waals surface area contributed by atoms with Crippen molar-refractivity contribution in [1.82, 2.24) is 5.32 Å². The van der Waals surface area contributed by atoms with Gasteiger partial charge in [0.05, 0.1) is 0 Å². The van der Waals surface area contributed by atoms with Gasteiger partial charge < -0.3 is 11.1 Å². The van der Waals surface area contributed by atoms with Gasteiger partial charge >= 0.3 is 0 Å². The number of carbonyl (C=O) groups excluding carboxylic acids is 1. The van der Waals surface area contributed by atoms with E-state index in [9.17, 15) is 4.79 Å². The number of primary amides is 1. The first kappa shape index (κ1) is 15.5. The zero-order chi connectivity index (χ0) is 15.5. The minimum Gasteiger partial charge on any atom is -0.369 e. The average molecular weight is 300 g/mol. The molecule has 120 valence electrons. The topological polar surface area (TPSA) is 55.1 Å². The molecule has 2 saturated carbocycles. The van der Waals surface area contributed by atoms with Crippen molar-refractivity contribution in [1.29, 1.82) is 0 Å². The van der Waals surface area contributed by atoms with E-state index in [4.69, 9.17) is 5.73 Å². The molecule has 2 bridgehead atoms. The van der Waals surface area contributed by atoms with Crippen LogP contribution in [0.4, 0.5) is 0 Å². The molecule has 5 atom stereocenters. The molecule has 1 aromatic rings. The Kier molecular flexibility index (Phi) is 4.82. The quantitative estimate of drug-likeness (QED) is 0.895. The molecule has 0 radical (unpaired) electrons. The van der Waals surface area contributed by atoms with Crippen LogP contribution in [0.25, 0.3) is 0 Å². The standard InChI is InChI=1S/C19H28N2O/c1-13(14-6-3-2-4-7-14)21-18-15-8-5-9-17(19(20)22)12-16(18)11-10-15/h2-4,6-7,13,15-18,21H,5,8-12H2,1H3,(H2,20,22)/t13?,15?,16?,17-,18+/m1/s1. The number of nitrogens with two attached hydrogens (primary N) is 1. The SMILES string of the molecule is CC(N[C@H]1C2CCC[C@@H](C(N)=O)CC1CC2)c1ccccc1. The van der Waals surface area contributed by atoms with Gasteiger partial charge in [-0.25, -0.2) is 0 Å². The van der Waals surface area contributed by atoms with E-state index >= 15 is 0 Å². The van der Waals surface area contributed by atoms with Crippen molar-refractivity contribution in [3.63, 3.8) is 0 Å². The normalized spacial score (nSPS) is 33.0. The van der Waals surface area contributed by atoms with Gasteiger partial charge in [0.2, 0.25) is 5.91 Å². The second kappa shape index (κ2) is 6.82. The van der Waals surface area contributed by atoms with E-state index in [-0.39, 0.29) is 11.8 Å². The molecule has 2 aliphatic rings. The summed E-state index contributed by atoms with van der Waals surface area (Å²) >= 11 is 0. The monoisotopic (exact) mass is 300 g/mol. The van der Waals surface area contributed by atoms with Crippen LogP contribution in [0.2, 0.25) is 0 Å². The zero-order valence-corrected chi connectivity index (χ0v) is 13.5. The van der Waals surface area contributed by atoms with E-state index in [1.807, 2.05) is 0 Å². The molecule has 22 heavy (non-hydrogen) atoms. The van der Waals surface area contributed by atoms with E-state index < -0.39 is 0 Å². The Morgan fingerprint density at radius 1 is 1.14 bits per heavy atom. The predicted octanol–water partition coefficient (Wildman–Crippen LogP) is 3.41. The molecule has 3 N–H and O–H groups in total. The van der Waals surface area contributed by atoms with Crippen LogP contribution in [-0.4, -0.2) is 11.9 Å². The molecular formula is C19H28N2O. The van der Waals surface area contributed by atoms with Crippen LogP contribution >= 0.6 is 0 Å². The van der Waals surface area contributed by atoms with Gasteiger partial charge in [-0.2, -0.15) is 0 Å². The van der Waals surface area contributed by atoms with Crippen molar-refractivity contribution in [3.05, 3.63) is 35.9 Å². The van der Waals surface area contributed by atoms with Crippen molar-refractivity contribution in [2.75, 3.05) is 0 Å². The van der Waals surface area contributed by atoms with Crippen molar-refractivity contribution in [3.8, 4) is 0 Å². The van der Waals surface area contributed by atoms with Gasteiger partial charge in [-0.3, -0.25) is 4.79 Å². The first-order valence-electron chi connectivity index (χ1n) is 8.75. The Bertz CT molecular complexity index is 501. The maximum atomic E-state index is 11.6. The summed E-state index contributed by atoms with van der Waals surface area (Å²) in [5.41, 5.74) is 6.94. The molecule has 1 amide bonds. The van der Waals surface area contributed by atoms with E-state index in [1.165, 1.54) is 24.8 Å². The molecule has 0 aromatic heterocycles. The Hall–Kier alpha value is -1.35. The average Bonchev–Trinajstić information content (AvgIpc) is 2.92. The number of rotatable bonds is 4. The first-order chi connectivity index (χ1) is 10.6. The van der Waals surface area contributed by atoms with Gasteiger partial charge in [0, 0.05) is 18.0 Å². The Morgan fingerprint density at radius 2 is 1.86 bits per heavy atom. The van der Waals surface area contributed by atoms with Gasteiger partial charge in [0.15, 0.2) is 0 Å². The van der Waals surface area contributed by atoms with Gasteiger partial charge in [-0.1, -0.05) is 36.8 Å².